The molecule has 0 spiro atoms. The molecule has 0 radical (unpaired) electrons. The average Bonchev–Trinajstić information content (AvgIpc) is 3.26. The molecule has 0 aliphatic carbocycles. The zero-order valence-corrected chi connectivity index (χ0v) is 41.8. The summed E-state index contributed by atoms with van der Waals surface area (Å²) in [6, 6.07) is -1.52. The van der Waals surface area contributed by atoms with Gasteiger partial charge in [0.15, 0.2) is 6.10 Å². The van der Waals surface area contributed by atoms with E-state index >= 15 is 0 Å². The number of ether oxygens (including phenoxy) is 2. The number of rotatable bonds is 51. The first-order chi connectivity index (χ1) is 30.6. The normalized spacial score (nSPS) is 13.5. The van der Waals surface area contributed by atoms with Crippen LogP contribution in [-0.2, 0) is 37.5 Å². The van der Waals surface area contributed by atoms with Gasteiger partial charge in [-0.1, -0.05) is 251 Å². The van der Waals surface area contributed by atoms with Crippen LogP contribution < -0.4 is 5.73 Å². The van der Waals surface area contributed by atoms with E-state index in [9.17, 15) is 23.8 Å². The number of phosphoric acid groups is 1. The fourth-order valence-electron chi connectivity index (χ4n) is 7.95. The highest BCUT2D eigenvalue weighted by atomic mass is 31.2. The first kappa shape index (κ1) is 61.5. The summed E-state index contributed by atoms with van der Waals surface area (Å²) >= 11 is 0. The van der Waals surface area contributed by atoms with Crippen LogP contribution in [0.1, 0.15) is 277 Å². The Labute approximate surface area is 386 Å². The Morgan fingerprint density at radius 3 is 1.00 bits per heavy atom. The molecule has 0 saturated carbocycles. The van der Waals surface area contributed by atoms with Crippen molar-refractivity contribution >= 4 is 25.7 Å². The van der Waals surface area contributed by atoms with Gasteiger partial charge in [0.05, 0.1) is 13.2 Å². The number of unbranched alkanes of at least 4 members (excludes halogenated alkanes) is 37. The maximum atomic E-state index is 12.7. The molecule has 0 aromatic carbocycles. The first-order valence-corrected chi connectivity index (χ1v) is 28.1. The molecule has 0 rings (SSSR count). The van der Waals surface area contributed by atoms with Gasteiger partial charge in [0, 0.05) is 12.8 Å². The fourth-order valence-corrected chi connectivity index (χ4v) is 8.73. The fraction of sp³-hybridized carbons (Fsp3) is 0.941. The van der Waals surface area contributed by atoms with E-state index in [4.69, 9.17) is 29.4 Å². The lowest BCUT2D eigenvalue weighted by atomic mass is 10.0. The third-order valence-electron chi connectivity index (χ3n) is 12.1. The Balaban J connectivity index is 4.17. The Bertz CT molecular complexity index is 1080. The third kappa shape index (κ3) is 46.8. The van der Waals surface area contributed by atoms with Gasteiger partial charge in [-0.25, -0.2) is 4.57 Å². The summed E-state index contributed by atoms with van der Waals surface area (Å²) in [5, 5.41) is 8.92. The number of aliphatic carboxylic acids is 1. The van der Waals surface area contributed by atoms with Crippen LogP contribution in [0.2, 0.25) is 0 Å². The van der Waals surface area contributed by atoms with Crippen molar-refractivity contribution in [1.29, 1.82) is 0 Å². The summed E-state index contributed by atoms with van der Waals surface area (Å²) in [6.07, 6.45) is 48.8. The molecular weight excluding hydrogens is 818 g/mol. The number of hydrogen-bond acceptors (Lipinski definition) is 9. The molecule has 0 bridgehead atoms. The monoisotopic (exact) mass is 918 g/mol. The molecule has 0 aromatic heterocycles. The van der Waals surface area contributed by atoms with E-state index in [1.807, 2.05) is 0 Å². The van der Waals surface area contributed by atoms with E-state index in [-0.39, 0.29) is 19.4 Å². The molecule has 63 heavy (non-hydrogen) atoms. The van der Waals surface area contributed by atoms with E-state index in [2.05, 4.69) is 13.8 Å². The Hall–Kier alpha value is -1.52. The summed E-state index contributed by atoms with van der Waals surface area (Å²) in [5.74, 6) is -2.35. The number of carbonyl (C=O) groups excluding carboxylic acids is 2. The van der Waals surface area contributed by atoms with Crippen molar-refractivity contribution in [2.24, 2.45) is 5.73 Å². The lowest BCUT2D eigenvalue weighted by molar-refractivity contribution is -0.161. The molecular formula is C51H100NO10P. The number of carboxylic acid groups (broad SMARTS) is 1. The van der Waals surface area contributed by atoms with E-state index < -0.39 is 51.1 Å². The quantitative estimate of drug-likeness (QED) is 0.0301. The number of esters is 2. The maximum absolute atomic E-state index is 12.7. The minimum Gasteiger partial charge on any atom is -0.480 e. The Morgan fingerprint density at radius 1 is 0.429 bits per heavy atom. The second-order valence-corrected chi connectivity index (χ2v) is 19.8. The number of hydrogen-bond donors (Lipinski definition) is 3. The Kier molecular flexibility index (Phi) is 45.9. The molecule has 11 nitrogen and oxygen atoms in total. The standard InChI is InChI=1S/C51H100NO10P/c1-3-5-7-9-11-13-15-17-19-21-23-25-27-29-31-33-35-37-39-41-43-50(54)62-47(45-60-63(57,58)61-46-48(52)51(55)56)44-59-49(53)42-40-38-36-34-32-30-28-26-24-22-20-18-16-14-12-10-8-6-4-2/h47-48H,3-46,52H2,1-2H3,(H,55,56)(H,57,58)/t47-,48+/m1/s1. The summed E-state index contributed by atoms with van der Waals surface area (Å²) in [4.78, 5) is 46.2. The van der Waals surface area contributed by atoms with Crippen molar-refractivity contribution in [1.82, 2.24) is 0 Å². The van der Waals surface area contributed by atoms with Crippen LogP contribution >= 0.6 is 7.82 Å². The second-order valence-electron chi connectivity index (χ2n) is 18.4. The van der Waals surface area contributed by atoms with Gasteiger partial charge in [0.1, 0.15) is 12.6 Å². The highest BCUT2D eigenvalue weighted by Gasteiger charge is 2.28. The van der Waals surface area contributed by atoms with Crippen molar-refractivity contribution in [3.63, 3.8) is 0 Å². The van der Waals surface area contributed by atoms with Crippen LogP contribution in [0.4, 0.5) is 0 Å². The van der Waals surface area contributed by atoms with Crippen LogP contribution in [-0.4, -0.2) is 59.9 Å². The molecule has 0 aliphatic heterocycles. The van der Waals surface area contributed by atoms with Crippen LogP contribution in [0, 0.1) is 0 Å². The molecule has 0 saturated heterocycles. The van der Waals surface area contributed by atoms with Gasteiger partial charge >= 0.3 is 25.7 Å². The molecule has 12 heteroatoms. The van der Waals surface area contributed by atoms with E-state index in [0.717, 1.165) is 38.5 Å². The molecule has 0 fully saturated rings. The van der Waals surface area contributed by atoms with Crippen molar-refractivity contribution in [3.05, 3.63) is 0 Å². The van der Waals surface area contributed by atoms with Gasteiger partial charge in [-0.2, -0.15) is 0 Å². The first-order valence-electron chi connectivity index (χ1n) is 26.6. The van der Waals surface area contributed by atoms with Crippen molar-refractivity contribution < 1.29 is 47.5 Å². The number of phosphoric ester groups is 1. The lowest BCUT2D eigenvalue weighted by Crippen LogP contribution is -2.34. The zero-order valence-electron chi connectivity index (χ0n) is 41.0. The van der Waals surface area contributed by atoms with Gasteiger partial charge < -0.3 is 25.2 Å². The number of carbonyl (C=O) groups is 3. The summed E-state index contributed by atoms with van der Waals surface area (Å²) in [7, 11) is -4.71. The minimum absolute atomic E-state index is 0.170. The molecule has 0 aliphatic rings. The summed E-state index contributed by atoms with van der Waals surface area (Å²) in [6.45, 7) is 2.88. The molecule has 0 heterocycles. The zero-order chi connectivity index (χ0) is 46.3. The van der Waals surface area contributed by atoms with E-state index in [1.165, 1.54) is 199 Å². The van der Waals surface area contributed by atoms with Crippen molar-refractivity contribution in [2.45, 2.75) is 289 Å². The predicted octanol–water partition coefficient (Wildman–Crippen LogP) is 15.0. The summed E-state index contributed by atoms with van der Waals surface area (Å²) < 4.78 is 32.9. The molecule has 0 amide bonds. The second kappa shape index (κ2) is 47.0. The predicted molar refractivity (Wildman–Crippen MR) is 259 cm³/mol. The van der Waals surface area contributed by atoms with Crippen LogP contribution in [0.15, 0.2) is 0 Å². The lowest BCUT2D eigenvalue weighted by Gasteiger charge is -2.20. The van der Waals surface area contributed by atoms with Gasteiger partial charge in [-0.05, 0) is 12.8 Å². The minimum atomic E-state index is -4.71. The van der Waals surface area contributed by atoms with Gasteiger partial charge in [0.25, 0.3) is 0 Å². The number of carboxylic acids is 1. The summed E-state index contributed by atoms with van der Waals surface area (Å²) in [5.41, 5.74) is 5.36. The SMILES string of the molecule is CCCCCCCCCCCCCCCCCCCCCCC(=O)O[C@H](COC(=O)CCCCCCCCCCCCCCCCCCCCC)COP(=O)(O)OC[C@H](N)C(=O)O. The van der Waals surface area contributed by atoms with Gasteiger partial charge in [-0.3, -0.25) is 23.4 Å². The van der Waals surface area contributed by atoms with Gasteiger partial charge in [-0.15, -0.1) is 0 Å². The Morgan fingerprint density at radius 2 is 0.698 bits per heavy atom. The largest absolute Gasteiger partial charge is 0.480 e. The van der Waals surface area contributed by atoms with E-state index in [0.29, 0.717) is 12.8 Å². The molecule has 3 atom stereocenters. The highest BCUT2D eigenvalue weighted by molar-refractivity contribution is 7.47. The van der Waals surface area contributed by atoms with Crippen molar-refractivity contribution in [2.75, 3.05) is 19.8 Å². The third-order valence-corrected chi connectivity index (χ3v) is 13.1. The van der Waals surface area contributed by atoms with Crippen LogP contribution in [0.5, 0.6) is 0 Å². The van der Waals surface area contributed by atoms with Crippen LogP contribution in [0.3, 0.4) is 0 Å². The highest BCUT2D eigenvalue weighted by Crippen LogP contribution is 2.43. The van der Waals surface area contributed by atoms with E-state index in [1.54, 1.807) is 0 Å². The number of nitrogens with two attached hydrogens (primary N) is 1. The molecule has 0 aromatic rings. The molecule has 1 unspecified atom stereocenters. The molecule has 4 N–H and O–H groups in total. The smallest absolute Gasteiger partial charge is 0.472 e. The van der Waals surface area contributed by atoms with Crippen molar-refractivity contribution in [3.8, 4) is 0 Å². The maximum Gasteiger partial charge on any atom is 0.472 e. The van der Waals surface area contributed by atoms with Gasteiger partial charge in [0.2, 0.25) is 0 Å². The average molecular weight is 918 g/mol. The molecule has 374 valence electrons. The topological polar surface area (TPSA) is 172 Å². The van der Waals surface area contributed by atoms with Crippen LogP contribution in [0.25, 0.3) is 0 Å².